The monoisotopic (exact) mass is 311 g/mol. The van der Waals surface area contributed by atoms with Gasteiger partial charge in [0.1, 0.15) is 18.1 Å². The summed E-state index contributed by atoms with van der Waals surface area (Å²) in [6.45, 7) is -0.187. The van der Waals surface area contributed by atoms with Crippen LogP contribution in [0.5, 0.6) is 5.75 Å². The minimum Gasteiger partial charge on any atom is -0.496 e. The Bertz CT molecular complexity index is 708. The van der Waals surface area contributed by atoms with Crippen molar-refractivity contribution in [2.45, 2.75) is 18.2 Å². The van der Waals surface area contributed by atoms with Crippen molar-refractivity contribution in [2.75, 3.05) is 14.2 Å². The number of hydrogen-bond acceptors (Lipinski definition) is 5. The first-order chi connectivity index (χ1) is 9.98. The van der Waals surface area contributed by atoms with Gasteiger partial charge in [-0.25, -0.2) is 8.42 Å². The molecule has 0 fully saturated rings. The van der Waals surface area contributed by atoms with Crippen molar-refractivity contribution < 1.29 is 22.7 Å². The largest absolute Gasteiger partial charge is 0.496 e. The van der Waals surface area contributed by atoms with Crippen LogP contribution in [-0.2, 0) is 23.2 Å². The van der Waals surface area contributed by atoms with Gasteiger partial charge in [-0.2, -0.15) is 4.31 Å². The SMILES string of the molecule is COc1ccccc1CN(C)S(=O)(=O)c1ccc(CO)o1. The Morgan fingerprint density at radius 1 is 1.24 bits per heavy atom. The van der Waals surface area contributed by atoms with Gasteiger partial charge in [0.15, 0.2) is 0 Å². The van der Waals surface area contributed by atoms with Gasteiger partial charge in [-0.3, -0.25) is 0 Å². The molecule has 0 unspecified atom stereocenters. The minimum atomic E-state index is -3.75. The Hall–Kier alpha value is -1.83. The maximum Gasteiger partial charge on any atom is 0.276 e. The molecule has 1 heterocycles. The topological polar surface area (TPSA) is 80.0 Å². The number of furan rings is 1. The zero-order valence-electron chi connectivity index (χ0n) is 11.8. The molecule has 7 heteroatoms. The summed E-state index contributed by atoms with van der Waals surface area (Å²) in [6.07, 6.45) is 0. The number of aliphatic hydroxyl groups excluding tert-OH is 1. The molecule has 0 amide bonds. The summed E-state index contributed by atoms with van der Waals surface area (Å²) < 4.78 is 36.2. The molecule has 114 valence electrons. The van der Waals surface area contributed by atoms with E-state index < -0.39 is 10.0 Å². The maximum atomic E-state index is 12.4. The van der Waals surface area contributed by atoms with E-state index in [0.717, 1.165) is 5.56 Å². The van der Waals surface area contributed by atoms with E-state index in [1.807, 2.05) is 12.1 Å². The van der Waals surface area contributed by atoms with E-state index in [-0.39, 0.29) is 24.0 Å². The summed E-state index contributed by atoms with van der Waals surface area (Å²) in [6, 6.07) is 9.97. The lowest BCUT2D eigenvalue weighted by Crippen LogP contribution is -2.26. The summed E-state index contributed by atoms with van der Waals surface area (Å²) in [5.74, 6) is 0.828. The Balaban J connectivity index is 2.24. The Labute approximate surface area is 123 Å². The zero-order valence-corrected chi connectivity index (χ0v) is 12.6. The van der Waals surface area contributed by atoms with Crippen molar-refractivity contribution in [1.82, 2.24) is 4.31 Å². The predicted molar refractivity (Wildman–Crippen MR) is 76.3 cm³/mol. The quantitative estimate of drug-likeness (QED) is 0.876. The van der Waals surface area contributed by atoms with Gasteiger partial charge >= 0.3 is 0 Å². The highest BCUT2D eigenvalue weighted by Crippen LogP contribution is 2.23. The third kappa shape index (κ3) is 3.26. The van der Waals surface area contributed by atoms with Crippen LogP contribution < -0.4 is 4.74 Å². The third-order valence-corrected chi connectivity index (χ3v) is 4.72. The summed E-state index contributed by atoms with van der Waals surface area (Å²) in [5, 5.41) is 8.75. The molecule has 0 bridgehead atoms. The Morgan fingerprint density at radius 2 is 1.95 bits per heavy atom. The smallest absolute Gasteiger partial charge is 0.276 e. The van der Waals surface area contributed by atoms with Crippen molar-refractivity contribution in [3.63, 3.8) is 0 Å². The van der Waals surface area contributed by atoms with E-state index in [4.69, 9.17) is 14.3 Å². The second kappa shape index (κ2) is 6.30. The maximum absolute atomic E-state index is 12.4. The fraction of sp³-hybridized carbons (Fsp3) is 0.286. The second-order valence-electron chi connectivity index (χ2n) is 4.45. The molecule has 0 aliphatic heterocycles. The van der Waals surface area contributed by atoms with Crippen molar-refractivity contribution in [3.8, 4) is 5.75 Å². The average Bonchev–Trinajstić information content (AvgIpc) is 2.97. The van der Waals surface area contributed by atoms with E-state index in [2.05, 4.69) is 0 Å². The summed E-state index contributed by atoms with van der Waals surface area (Å²) >= 11 is 0. The first-order valence-electron chi connectivity index (χ1n) is 6.27. The molecular weight excluding hydrogens is 294 g/mol. The highest BCUT2D eigenvalue weighted by molar-refractivity contribution is 7.88. The molecule has 1 aromatic heterocycles. The lowest BCUT2D eigenvalue weighted by Gasteiger charge is -2.17. The Kier molecular flexibility index (Phi) is 4.66. The van der Waals surface area contributed by atoms with Crippen LogP contribution in [0, 0.1) is 0 Å². The lowest BCUT2D eigenvalue weighted by molar-refractivity contribution is 0.235. The van der Waals surface area contributed by atoms with Crippen LogP contribution >= 0.6 is 0 Å². The molecule has 0 saturated heterocycles. The molecule has 0 atom stereocenters. The van der Waals surface area contributed by atoms with E-state index >= 15 is 0 Å². The number of sulfonamides is 1. The molecule has 0 aliphatic carbocycles. The molecule has 1 N–H and O–H groups in total. The standard InChI is InChI=1S/C14H17NO5S/c1-15(9-11-5-3-4-6-13(11)19-2)21(17,18)14-8-7-12(10-16)20-14/h3-8,16H,9-10H2,1-2H3. The van der Waals surface area contributed by atoms with Crippen molar-refractivity contribution in [2.24, 2.45) is 0 Å². The van der Waals surface area contributed by atoms with Gasteiger partial charge in [0.05, 0.1) is 7.11 Å². The number of benzene rings is 1. The van der Waals surface area contributed by atoms with Gasteiger partial charge in [-0.05, 0) is 18.2 Å². The molecule has 6 nitrogen and oxygen atoms in total. The molecule has 2 aromatic rings. The lowest BCUT2D eigenvalue weighted by atomic mass is 10.2. The van der Waals surface area contributed by atoms with E-state index in [1.54, 1.807) is 12.1 Å². The molecule has 0 spiro atoms. The van der Waals surface area contributed by atoms with Crippen LogP contribution in [0.4, 0.5) is 0 Å². The molecule has 21 heavy (non-hydrogen) atoms. The number of hydrogen-bond donors (Lipinski definition) is 1. The number of aliphatic hydroxyl groups is 1. The van der Waals surface area contributed by atoms with Crippen molar-refractivity contribution in [3.05, 3.63) is 47.7 Å². The fourth-order valence-electron chi connectivity index (χ4n) is 1.89. The van der Waals surface area contributed by atoms with Gasteiger partial charge in [-0.1, -0.05) is 18.2 Å². The first kappa shape index (κ1) is 15.6. The van der Waals surface area contributed by atoms with Gasteiger partial charge in [0.25, 0.3) is 10.0 Å². The van der Waals surface area contributed by atoms with Crippen LogP contribution in [-0.4, -0.2) is 32.0 Å². The highest BCUT2D eigenvalue weighted by atomic mass is 32.2. The minimum absolute atomic E-state index is 0.154. The molecule has 0 radical (unpaired) electrons. The van der Waals surface area contributed by atoms with Crippen LogP contribution in [0.3, 0.4) is 0 Å². The average molecular weight is 311 g/mol. The zero-order chi connectivity index (χ0) is 15.5. The first-order valence-corrected chi connectivity index (χ1v) is 7.71. The third-order valence-electron chi connectivity index (χ3n) is 3.04. The number of nitrogens with zero attached hydrogens (tertiary/aromatic N) is 1. The predicted octanol–water partition coefficient (Wildman–Crippen LogP) is 1.60. The van der Waals surface area contributed by atoms with E-state index in [1.165, 1.54) is 30.6 Å². The van der Waals surface area contributed by atoms with Crippen LogP contribution in [0.25, 0.3) is 0 Å². The molecule has 0 aliphatic rings. The number of ether oxygens (including phenoxy) is 1. The van der Waals surface area contributed by atoms with E-state index in [0.29, 0.717) is 5.75 Å². The second-order valence-corrected chi connectivity index (χ2v) is 6.43. The van der Waals surface area contributed by atoms with Gasteiger partial charge in [0, 0.05) is 19.2 Å². The molecule has 1 aromatic carbocycles. The summed E-state index contributed by atoms with van der Waals surface area (Å²) in [4.78, 5) is 0. The number of methoxy groups -OCH3 is 1. The van der Waals surface area contributed by atoms with Crippen molar-refractivity contribution >= 4 is 10.0 Å². The molecule has 2 rings (SSSR count). The van der Waals surface area contributed by atoms with Gasteiger partial charge in [0.2, 0.25) is 5.09 Å². The number of para-hydroxylation sites is 1. The molecular formula is C14H17NO5S. The van der Waals surface area contributed by atoms with Gasteiger partial charge < -0.3 is 14.3 Å². The highest BCUT2D eigenvalue weighted by Gasteiger charge is 2.25. The normalized spacial score (nSPS) is 11.8. The van der Waals surface area contributed by atoms with Gasteiger partial charge in [-0.15, -0.1) is 0 Å². The summed E-state index contributed by atoms with van der Waals surface area (Å²) in [5.41, 5.74) is 0.750. The Morgan fingerprint density at radius 3 is 2.57 bits per heavy atom. The fourth-order valence-corrected chi connectivity index (χ4v) is 2.96. The van der Waals surface area contributed by atoms with Crippen LogP contribution in [0.15, 0.2) is 45.9 Å². The number of rotatable bonds is 6. The van der Waals surface area contributed by atoms with Crippen LogP contribution in [0.2, 0.25) is 0 Å². The summed E-state index contributed by atoms with van der Waals surface area (Å²) in [7, 11) is -0.755. The molecule has 0 saturated carbocycles. The van der Waals surface area contributed by atoms with Crippen molar-refractivity contribution in [1.29, 1.82) is 0 Å². The van der Waals surface area contributed by atoms with Crippen LogP contribution in [0.1, 0.15) is 11.3 Å². The van der Waals surface area contributed by atoms with E-state index in [9.17, 15) is 8.42 Å².